The van der Waals surface area contributed by atoms with Gasteiger partial charge in [-0.05, 0) is 35.4 Å². The molecular weight excluding hydrogens is 368 g/mol. The van der Waals surface area contributed by atoms with Gasteiger partial charge < -0.3 is 34.6 Å². The number of aliphatic hydroxyl groups excluding tert-OH is 4. The fourth-order valence-corrected chi connectivity index (χ4v) is 3.16. The highest BCUT2D eigenvalue weighted by Gasteiger charge is 2.45. The normalized spacial score (nSPS) is 28.7. The van der Waals surface area contributed by atoms with Crippen LogP contribution in [0.15, 0.2) is 36.4 Å². The SMILES string of the molecule is COc1ccc2cc(C(C)C(=O)OC3O[C@H](CO)[C@@H](O)[C@H](O)[C@@H]3O)ccc2c1. The lowest BCUT2D eigenvalue weighted by atomic mass is 9.97. The molecule has 8 heteroatoms. The molecular formula is C20H24O8. The maximum Gasteiger partial charge on any atom is 0.315 e. The summed E-state index contributed by atoms with van der Waals surface area (Å²) in [4.78, 5) is 12.5. The summed E-state index contributed by atoms with van der Waals surface area (Å²) in [5, 5.41) is 40.7. The van der Waals surface area contributed by atoms with E-state index in [0.29, 0.717) is 5.56 Å². The number of fused-ring (bicyclic) bond motifs is 1. The van der Waals surface area contributed by atoms with E-state index in [2.05, 4.69) is 0 Å². The van der Waals surface area contributed by atoms with Gasteiger partial charge in [-0.15, -0.1) is 0 Å². The summed E-state index contributed by atoms with van der Waals surface area (Å²) in [7, 11) is 1.59. The van der Waals surface area contributed by atoms with Crippen LogP contribution in [-0.2, 0) is 14.3 Å². The zero-order valence-corrected chi connectivity index (χ0v) is 15.6. The van der Waals surface area contributed by atoms with E-state index < -0.39 is 49.2 Å². The monoisotopic (exact) mass is 392 g/mol. The Labute approximate surface area is 161 Å². The summed E-state index contributed by atoms with van der Waals surface area (Å²) in [6.45, 7) is 1.06. The van der Waals surface area contributed by atoms with E-state index in [1.54, 1.807) is 20.1 Å². The second-order valence-electron chi connectivity index (χ2n) is 6.83. The van der Waals surface area contributed by atoms with Crippen molar-refractivity contribution in [3.05, 3.63) is 42.0 Å². The Morgan fingerprint density at radius 1 is 1.07 bits per heavy atom. The third-order valence-corrected chi connectivity index (χ3v) is 5.01. The van der Waals surface area contributed by atoms with Crippen LogP contribution in [-0.4, -0.2) is 70.8 Å². The predicted octanol–water partition coefficient (Wildman–Crippen LogP) is 0.295. The van der Waals surface area contributed by atoms with E-state index >= 15 is 0 Å². The molecule has 0 spiro atoms. The van der Waals surface area contributed by atoms with Gasteiger partial charge in [-0.25, -0.2) is 0 Å². The molecule has 1 aliphatic rings. The molecule has 0 aromatic heterocycles. The van der Waals surface area contributed by atoms with Crippen molar-refractivity contribution >= 4 is 16.7 Å². The van der Waals surface area contributed by atoms with E-state index in [1.807, 2.05) is 30.3 Å². The Morgan fingerprint density at radius 2 is 1.75 bits per heavy atom. The number of carbonyl (C=O) groups is 1. The highest BCUT2D eigenvalue weighted by molar-refractivity contribution is 5.86. The first-order valence-electron chi connectivity index (χ1n) is 8.94. The van der Waals surface area contributed by atoms with Gasteiger partial charge in [0.2, 0.25) is 6.29 Å². The molecule has 1 fully saturated rings. The van der Waals surface area contributed by atoms with Crippen molar-refractivity contribution in [2.24, 2.45) is 0 Å². The van der Waals surface area contributed by atoms with E-state index in [0.717, 1.165) is 16.5 Å². The van der Waals surface area contributed by atoms with Gasteiger partial charge in [-0.1, -0.05) is 24.3 Å². The number of benzene rings is 2. The molecule has 28 heavy (non-hydrogen) atoms. The van der Waals surface area contributed by atoms with E-state index in [9.17, 15) is 25.2 Å². The lowest BCUT2D eigenvalue weighted by molar-refractivity contribution is -0.293. The third-order valence-electron chi connectivity index (χ3n) is 5.01. The average molecular weight is 392 g/mol. The van der Waals surface area contributed by atoms with Crippen LogP contribution >= 0.6 is 0 Å². The van der Waals surface area contributed by atoms with Crippen molar-refractivity contribution in [2.45, 2.75) is 43.5 Å². The molecule has 1 saturated heterocycles. The summed E-state index contributed by atoms with van der Waals surface area (Å²) in [5.41, 5.74) is 0.701. The fourth-order valence-electron chi connectivity index (χ4n) is 3.16. The lowest BCUT2D eigenvalue weighted by Gasteiger charge is -2.39. The third kappa shape index (κ3) is 3.96. The summed E-state index contributed by atoms with van der Waals surface area (Å²) < 4.78 is 15.6. The van der Waals surface area contributed by atoms with Gasteiger partial charge in [0.1, 0.15) is 30.2 Å². The molecule has 2 aromatic rings. The van der Waals surface area contributed by atoms with Gasteiger partial charge in [0.25, 0.3) is 0 Å². The van der Waals surface area contributed by atoms with Gasteiger partial charge in [0, 0.05) is 0 Å². The van der Waals surface area contributed by atoms with Gasteiger partial charge in [0.05, 0.1) is 19.6 Å². The minimum atomic E-state index is -1.63. The first kappa shape index (κ1) is 20.5. The van der Waals surface area contributed by atoms with Crippen LogP contribution in [0.3, 0.4) is 0 Å². The number of rotatable bonds is 5. The highest BCUT2D eigenvalue weighted by Crippen LogP contribution is 2.28. The second-order valence-corrected chi connectivity index (χ2v) is 6.83. The number of methoxy groups -OCH3 is 1. The van der Waals surface area contributed by atoms with Crippen molar-refractivity contribution in [3.8, 4) is 5.75 Å². The number of aliphatic hydroxyl groups is 4. The van der Waals surface area contributed by atoms with Crippen molar-refractivity contribution in [1.82, 2.24) is 0 Å². The standard InChI is InChI=1S/C20H24O8/c1-10(11-3-4-13-8-14(26-2)6-5-12(13)7-11)19(25)28-20-18(24)17(23)16(22)15(9-21)27-20/h3-8,10,15-18,20-24H,9H2,1-2H3/t10?,15-,16-,17+,18+,20?/m1/s1. The number of esters is 1. The molecule has 0 radical (unpaired) electrons. The molecule has 4 N–H and O–H groups in total. The predicted molar refractivity (Wildman–Crippen MR) is 98.8 cm³/mol. The van der Waals surface area contributed by atoms with Gasteiger partial charge in [-0.2, -0.15) is 0 Å². The van der Waals surface area contributed by atoms with Crippen LogP contribution in [0.4, 0.5) is 0 Å². The maximum atomic E-state index is 12.5. The van der Waals surface area contributed by atoms with Gasteiger partial charge in [-0.3, -0.25) is 4.79 Å². The molecule has 2 aromatic carbocycles. The smallest absolute Gasteiger partial charge is 0.315 e. The van der Waals surface area contributed by atoms with Crippen LogP contribution < -0.4 is 4.74 Å². The Hall–Kier alpha value is -2.23. The number of carbonyl (C=O) groups excluding carboxylic acids is 1. The highest BCUT2D eigenvalue weighted by atomic mass is 16.7. The van der Waals surface area contributed by atoms with Crippen LogP contribution in [0.25, 0.3) is 10.8 Å². The second kappa shape index (κ2) is 8.42. The minimum absolute atomic E-state index is 0.595. The van der Waals surface area contributed by atoms with Gasteiger partial charge in [0.15, 0.2) is 0 Å². The molecule has 1 aliphatic heterocycles. The zero-order valence-electron chi connectivity index (χ0n) is 15.6. The molecule has 0 amide bonds. The Morgan fingerprint density at radius 3 is 2.43 bits per heavy atom. The first-order valence-corrected chi connectivity index (χ1v) is 8.94. The topological polar surface area (TPSA) is 126 Å². The largest absolute Gasteiger partial charge is 0.497 e. The molecule has 0 saturated carbocycles. The summed E-state index contributed by atoms with van der Waals surface area (Å²) >= 11 is 0. The Balaban J connectivity index is 1.74. The first-order chi connectivity index (χ1) is 13.3. The van der Waals surface area contributed by atoms with Crippen molar-refractivity contribution in [2.75, 3.05) is 13.7 Å². The van der Waals surface area contributed by atoms with Crippen molar-refractivity contribution in [3.63, 3.8) is 0 Å². The molecule has 1 heterocycles. The van der Waals surface area contributed by atoms with Gasteiger partial charge >= 0.3 is 5.97 Å². The van der Waals surface area contributed by atoms with Crippen molar-refractivity contribution in [1.29, 1.82) is 0 Å². The summed E-state index contributed by atoms with van der Waals surface area (Å²) in [6.07, 6.45) is -7.37. The summed E-state index contributed by atoms with van der Waals surface area (Å²) in [6, 6.07) is 11.1. The lowest BCUT2D eigenvalue weighted by Crippen LogP contribution is -2.59. The maximum absolute atomic E-state index is 12.5. The molecule has 0 bridgehead atoms. The quantitative estimate of drug-likeness (QED) is 0.535. The Bertz CT molecular complexity index is 836. The van der Waals surface area contributed by atoms with E-state index in [-0.39, 0.29) is 0 Å². The molecule has 0 aliphatic carbocycles. The number of ether oxygens (including phenoxy) is 3. The zero-order chi connectivity index (χ0) is 20.4. The molecule has 3 rings (SSSR count). The average Bonchev–Trinajstić information content (AvgIpc) is 2.72. The number of hydrogen-bond donors (Lipinski definition) is 4. The molecule has 2 unspecified atom stereocenters. The molecule has 152 valence electrons. The van der Waals surface area contributed by atoms with E-state index in [1.165, 1.54) is 0 Å². The Kier molecular flexibility index (Phi) is 6.17. The van der Waals surface area contributed by atoms with Crippen LogP contribution in [0.5, 0.6) is 5.75 Å². The summed E-state index contributed by atoms with van der Waals surface area (Å²) in [5.74, 6) is -0.605. The van der Waals surface area contributed by atoms with Crippen LogP contribution in [0.2, 0.25) is 0 Å². The van der Waals surface area contributed by atoms with Crippen LogP contribution in [0.1, 0.15) is 18.4 Å². The van der Waals surface area contributed by atoms with Crippen LogP contribution in [0, 0.1) is 0 Å². The fraction of sp³-hybridized carbons (Fsp3) is 0.450. The minimum Gasteiger partial charge on any atom is -0.497 e. The van der Waals surface area contributed by atoms with E-state index in [4.69, 9.17) is 14.2 Å². The number of hydrogen-bond acceptors (Lipinski definition) is 8. The molecule has 6 atom stereocenters. The molecule has 8 nitrogen and oxygen atoms in total. The van der Waals surface area contributed by atoms with Crippen molar-refractivity contribution < 1.29 is 39.4 Å².